The Balaban J connectivity index is 2.42. The second-order valence-corrected chi connectivity index (χ2v) is 4.58. The minimum Gasteiger partial charge on any atom is -0.394 e. The van der Waals surface area contributed by atoms with Gasteiger partial charge in [0.25, 0.3) is 5.56 Å². The summed E-state index contributed by atoms with van der Waals surface area (Å²) in [4.78, 5) is 25.2. The van der Waals surface area contributed by atoms with Crippen molar-refractivity contribution in [3.8, 4) is 0 Å². The summed E-state index contributed by atoms with van der Waals surface area (Å²) in [5.74, 6) is -0.356. The Labute approximate surface area is 103 Å². The minimum absolute atomic E-state index is 0.320. The van der Waals surface area contributed by atoms with Crippen molar-refractivity contribution in [2.24, 2.45) is 5.92 Å². The van der Waals surface area contributed by atoms with Crippen molar-refractivity contribution < 1.29 is 14.9 Å². The van der Waals surface area contributed by atoms with Gasteiger partial charge in [-0.1, -0.05) is 6.92 Å². The maximum absolute atomic E-state index is 11.7. The third kappa shape index (κ3) is 2.00. The topological polar surface area (TPSA) is 105 Å². The number of ether oxygens (including phenoxy) is 1. The van der Waals surface area contributed by atoms with E-state index in [1.807, 2.05) is 0 Å². The van der Waals surface area contributed by atoms with Crippen LogP contribution in [0.5, 0.6) is 0 Å². The van der Waals surface area contributed by atoms with Crippen molar-refractivity contribution in [1.29, 1.82) is 0 Å². The molecular weight excluding hydrogens is 240 g/mol. The number of hydrogen-bond donors (Lipinski definition) is 3. The van der Waals surface area contributed by atoms with Crippen molar-refractivity contribution in [2.75, 3.05) is 6.61 Å². The lowest BCUT2D eigenvalue weighted by molar-refractivity contribution is -0.0477. The molecule has 0 aliphatic carbocycles. The molecule has 0 aromatic carbocycles. The number of aromatic nitrogens is 2. The molecule has 0 spiro atoms. The van der Waals surface area contributed by atoms with Gasteiger partial charge in [-0.25, -0.2) is 4.79 Å². The third-order valence-corrected chi connectivity index (χ3v) is 3.28. The smallest absolute Gasteiger partial charge is 0.330 e. The van der Waals surface area contributed by atoms with Crippen LogP contribution in [0.4, 0.5) is 0 Å². The van der Waals surface area contributed by atoms with E-state index in [1.54, 1.807) is 13.8 Å². The normalized spacial score (nSPS) is 31.8. The molecule has 2 heterocycles. The number of hydrogen-bond acceptors (Lipinski definition) is 5. The largest absolute Gasteiger partial charge is 0.394 e. The van der Waals surface area contributed by atoms with Gasteiger partial charge in [-0.05, 0) is 6.92 Å². The SMILES string of the molecule is Cc1cn(C2O[C@H](CO)[C@@H](O)C2C)c(=O)[nH]c1=O. The lowest BCUT2D eigenvalue weighted by Gasteiger charge is -2.18. The van der Waals surface area contributed by atoms with Gasteiger partial charge in [-0.2, -0.15) is 0 Å². The zero-order chi connectivity index (χ0) is 13.4. The van der Waals surface area contributed by atoms with Crippen LogP contribution in [0.25, 0.3) is 0 Å². The van der Waals surface area contributed by atoms with E-state index in [1.165, 1.54) is 10.8 Å². The molecule has 0 bridgehead atoms. The summed E-state index contributed by atoms with van der Waals surface area (Å²) >= 11 is 0. The van der Waals surface area contributed by atoms with Crippen LogP contribution in [-0.4, -0.2) is 38.6 Å². The molecule has 2 rings (SSSR count). The molecule has 1 aliphatic rings. The summed E-state index contributed by atoms with van der Waals surface area (Å²) < 4.78 is 6.67. The first-order valence-electron chi connectivity index (χ1n) is 5.72. The van der Waals surface area contributed by atoms with Gasteiger partial charge < -0.3 is 14.9 Å². The van der Waals surface area contributed by atoms with Gasteiger partial charge in [0.05, 0.1) is 12.7 Å². The van der Waals surface area contributed by atoms with Gasteiger partial charge >= 0.3 is 5.69 Å². The fourth-order valence-corrected chi connectivity index (χ4v) is 2.14. The van der Waals surface area contributed by atoms with Gasteiger partial charge in [-0.3, -0.25) is 14.3 Å². The number of aryl methyl sites for hydroxylation is 1. The number of nitrogens with one attached hydrogen (secondary N) is 1. The second kappa shape index (κ2) is 4.68. The van der Waals surface area contributed by atoms with Crippen molar-refractivity contribution in [3.63, 3.8) is 0 Å². The molecule has 0 amide bonds. The predicted molar refractivity (Wildman–Crippen MR) is 62.2 cm³/mol. The minimum atomic E-state index is -0.848. The molecule has 0 radical (unpaired) electrons. The third-order valence-electron chi connectivity index (χ3n) is 3.28. The van der Waals surface area contributed by atoms with E-state index in [-0.39, 0.29) is 12.5 Å². The molecule has 2 unspecified atom stereocenters. The lowest BCUT2D eigenvalue weighted by atomic mass is 10.0. The van der Waals surface area contributed by atoms with Crippen LogP contribution in [-0.2, 0) is 4.74 Å². The highest BCUT2D eigenvalue weighted by Gasteiger charge is 2.41. The van der Waals surface area contributed by atoms with Crippen LogP contribution in [0.15, 0.2) is 15.8 Å². The van der Waals surface area contributed by atoms with E-state index in [4.69, 9.17) is 9.84 Å². The first kappa shape index (κ1) is 13.0. The van der Waals surface area contributed by atoms with Crippen LogP contribution in [0.1, 0.15) is 18.7 Å². The van der Waals surface area contributed by atoms with Gasteiger partial charge in [0, 0.05) is 17.7 Å². The van der Waals surface area contributed by atoms with Crippen molar-refractivity contribution in [1.82, 2.24) is 9.55 Å². The van der Waals surface area contributed by atoms with Crippen LogP contribution >= 0.6 is 0 Å². The molecule has 100 valence electrons. The summed E-state index contributed by atoms with van der Waals surface area (Å²) in [7, 11) is 0. The molecular formula is C11H16N2O5. The number of aliphatic hydroxyl groups is 2. The Morgan fingerprint density at radius 3 is 2.72 bits per heavy atom. The summed E-state index contributed by atoms with van der Waals surface area (Å²) in [6.07, 6.45) is -0.863. The van der Waals surface area contributed by atoms with E-state index in [2.05, 4.69) is 4.98 Å². The molecule has 7 nitrogen and oxygen atoms in total. The highest BCUT2D eigenvalue weighted by atomic mass is 16.5. The molecule has 3 N–H and O–H groups in total. The van der Waals surface area contributed by atoms with Crippen LogP contribution < -0.4 is 11.2 Å². The zero-order valence-electron chi connectivity index (χ0n) is 10.2. The predicted octanol–water partition coefficient (Wildman–Crippen LogP) is -1.27. The first-order valence-corrected chi connectivity index (χ1v) is 5.72. The quantitative estimate of drug-likeness (QED) is 0.612. The number of rotatable bonds is 2. The molecule has 4 atom stereocenters. The number of aromatic amines is 1. The fourth-order valence-electron chi connectivity index (χ4n) is 2.14. The van der Waals surface area contributed by atoms with E-state index in [0.717, 1.165) is 0 Å². The Bertz CT molecular complexity index is 549. The summed E-state index contributed by atoms with van der Waals surface area (Å²) in [5.41, 5.74) is -0.651. The average Bonchev–Trinajstić information content (AvgIpc) is 2.61. The first-order chi connectivity index (χ1) is 8.45. The number of nitrogens with zero attached hydrogens (tertiary/aromatic N) is 1. The van der Waals surface area contributed by atoms with Crippen molar-refractivity contribution >= 4 is 0 Å². The molecule has 1 aromatic heterocycles. The van der Waals surface area contributed by atoms with E-state index < -0.39 is 29.7 Å². The molecule has 7 heteroatoms. The molecule has 1 saturated heterocycles. The van der Waals surface area contributed by atoms with E-state index in [0.29, 0.717) is 5.56 Å². The Morgan fingerprint density at radius 1 is 1.50 bits per heavy atom. The fraction of sp³-hybridized carbons (Fsp3) is 0.636. The summed E-state index contributed by atoms with van der Waals surface area (Å²) in [5, 5.41) is 18.9. The Kier molecular flexibility index (Phi) is 3.38. The molecule has 1 aromatic rings. The second-order valence-electron chi connectivity index (χ2n) is 4.58. The highest BCUT2D eigenvalue weighted by Crippen LogP contribution is 2.33. The number of aliphatic hydroxyl groups excluding tert-OH is 2. The van der Waals surface area contributed by atoms with Crippen molar-refractivity contribution in [2.45, 2.75) is 32.3 Å². The number of H-pyrrole nitrogens is 1. The summed E-state index contributed by atoms with van der Waals surface area (Å²) in [6.45, 7) is 2.98. The van der Waals surface area contributed by atoms with Gasteiger partial charge in [0.15, 0.2) is 0 Å². The lowest BCUT2D eigenvalue weighted by Crippen LogP contribution is -2.35. The van der Waals surface area contributed by atoms with E-state index in [9.17, 15) is 14.7 Å². The van der Waals surface area contributed by atoms with Crippen LogP contribution in [0, 0.1) is 12.8 Å². The Morgan fingerprint density at radius 2 is 2.17 bits per heavy atom. The maximum Gasteiger partial charge on any atom is 0.330 e. The van der Waals surface area contributed by atoms with E-state index >= 15 is 0 Å². The van der Waals surface area contributed by atoms with Gasteiger partial charge in [0.1, 0.15) is 12.3 Å². The zero-order valence-corrected chi connectivity index (χ0v) is 10.2. The molecule has 0 saturated carbocycles. The van der Waals surface area contributed by atoms with Crippen LogP contribution in [0.3, 0.4) is 0 Å². The highest BCUT2D eigenvalue weighted by molar-refractivity contribution is 5.02. The monoisotopic (exact) mass is 256 g/mol. The molecule has 18 heavy (non-hydrogen) atoms. The van der Waals surface area contributed by atoms with Gasteiger partial charge in [-0.15, -0.1) is 0 Å². The maximum atomic E-state index is 11.7. The van der Waals surface area contributed by atoms with Gasteiger partial charge in [0.2, 0.25) is 0 Å². The standard InChI is InChI=1S/C11H16N2O5/c1-5-3-13(11(17)12-9(5)16)10-6(2)8(15)7(4-14)18-10/h3,6-8,10,14-15H,4H2,1-2H3,(H,12,16,17)/t6?,7-,8+,10?/m1/s1. The summed E-state index contributed by atoms with van der Waals surface area (Å²) in [6, 6.07) is 0. The molecule has 1 fully saturated rings. The van der Waals surface area contributed by atoms with Crippen LogP contribution in [0.2, 0.25) is 0 Å². The average molecular weight is 256 g/mol. The Hall–Kier alpha value is -1.44. The van der Waals surface area contributed by atoms with Crippen molar-refractivity contribution in [3.05, 3.63) is 32.6 Å². The molecule has 1 aliphatic heterocycles.